The third-order valence-electron chi connectivity index (χ3n) is 6.01. The molecule has 0 saturated heterocycles. The molecule has 0 aliphatic carbocycles. The van der Waals surface area contributed by atoms with Crippen LogP contribution in [0.1, 0.15) is 27.8 Å². The Hall–Kier alpha value is -2.90. The first-order chi connectivity index (χ1) is 15.4. The number of benzene rings is 2. The van der Waals surface area contributed by atoms with Crippen LogP contribution in [0.4, 0.5) is 13.2 Å². The van der Waals surface area contributed by atoms with Crippen LogP contribution in [0.25, 0.3) is 10.2 Å². The Kier molecular flexibility index (Phi) is 5.39. The number of aromatic nitrogens is 1. The van der Waals surface area contributed by atoms with E-state index in [9.17, 15) is 18.0 Å². The van der Waals surface area contributed by atoms with Gasteiger partial charge in [0.05, 0.1) is 12.1 Å². The first kappa shape index (κ1) is 21.0. The fraction of sp³-hybridized carbons (Fsp3) is 0.240. The fourth-order valence-corrected chi connectivity index (χ4v) is 5.34. The van der Waals surface area contributed by atoms with Gasteiger partial charge in [-0.25, -0.2) is 0 Å². The summed E-state index contributed by atoms with van der Waals surface area (Å²) in [6.45, 7) is 2.48. The minimum absolute atomic E-state index is 0.0485. The number of thiophene rings is 1. The molecule has 3 nitrogen and oxygen atoms in total. The summed E-state index contributed by atoms with van der Waals surface area (Å²) in [7, 11) is 0. The van der Waals surface area contributed by atoms with E-state index in [0.29, 0.717) is 12.1 Å². The Morgan fingerprint density at radius 3 is 2.31 bits per heavy atom. The van der Waals surface area contributed by atoms with Crippen LogP contribution < -0.4 is 5.56 Å². The predicted octanol–water partition coefficient (Wildman–Crippen LogP) is 5.69. The largest absolute Gasteiger partial charge is 0.416 e. The molecule has 1 aliphatic rings. The van der Waals surface area contributed by atoms with Gasteiger partial charge in [-0.1, -0.05) is 42.5 Å². The van der Waals surface area contributed by atoms with Crippen molar-refractivity contribution < 1.29 is 13.2 Å². The van der Waals surface area contributed by atoms with Crippen LogP contribution in [0.5, 0.6) is 0 Å². The molecule has 2 aromatic heterocycles. The SMILES string of the molecule is O=c1c2c(c3ccsc3n1Cc1ccc(C(F)(F)F)cc1)CCN(Cc1ccccc1)C2. The lowest BCUT2D eigenvalue weighted by atomic mass is 9.98. The summed E-state index contributed by atoms with van der Waals surface area (Å²) in [6.07, 6.45) is -3.56. The Balaban J connectivity index is 1.49. The highest BCUT2D eigenvalue weighted by molar-refractivity contribution is 7.16. The maximum absolute atomic E-state index is 13.5. The van der Waals surface area contributed by atoms with Gasteiger partial charge in [-0.2, -0.15) is 13.2 Å². The minimum atomic E-state index is -4.37. The summed E-state index contributed by atoms with van der Waals surface area (Å²) in [5.74, 6) is 0. The van der Waals surface area contributed by atoms with E-state index in [-0.39, 0.29) is 12.1 Å². The molecule has 0 N–H and O–H groups in total. The molecule has 164 valence electrons. The molecule has 0 atom stereocenters. The predicted molar refractivity (Wildman–Crippen MR) is 121 cm³/mol. The zero-order valence-corrected chi connectivity index (χ0v) is 18.0. The molecule has 7 heteroatoms. The van der Waals surface area contributed by atoms with Crippen LogP contribution in [-0.4, -0.2) is 16.0 Å². The van der Waals surface area contributed by atoms with Crippen molar-refractivity contribution in [3.05, 3.63) is 104 Å². The summed E-state index contributed by atoms with van der Waals surface area (Å²) in [5, 5.41) is 3.06. The number of nitrogens with zero attached hydrogens (tertiary/aromatic N) is 2. The molecular weight excluding hydrogens is 433 g/mol. The van der Waals surface area contributed by atoms with Crippen LogP contribution in [0.2, 0.25) is 0 Å². The van der Waals surface area contributed by atoms with Gasteiger partial charge in [0.2, 0.25) is 0 Å². The van der Waals surface area contributed by atoms with Crippen molar-refractivity contribution in [2.45, 2.75) is 32.2 Å². The summed E-state index contributed by atoms with van der Waals surface area (Å²) < 4.78 is 40.4. The second-order valence-corrected chi connectivity index (χ2v) is 9.02. The number of hydrogen-bond donors (Lipinski definition) is 0. The van der Waals surface area contributed by atoms with Crippen molar-refractivity contribution in [1.82, 2.24) is 9.47 Å². The normalized spacial score (nSPS) is 14.6. The van der Waals surface area contributed by atoms with Gasteiger partial charge in [-0.3, -0.25) is 14.3 Å². The quantitative estimate of drug-likeness (QED) is 0.396. The van der Waals surface area contributed by atoms with E-state index in [1.807, 2.05) is 29.6 Å². The molecular formula is C25H21F3N2OS. The number of pyridine rings is 1. The maximum atomic E-state index is 13.5. The molecule has 32 heavy (non-hydrogen) atoms. The fourth-order valence-electron chi connectivity index (χ4n) is 4.41. The van der Waals surface area contributed by atoms with E-state index in [4.69, 9.17) is 0 Å². The lowest BCUT2D eigenvalue weighted by Gasteiger charge is -2.29. The molecule has 0 fully saturated rings. The van der Waals surface area contributed by atoms with Gasteiger partial charge in [0, 0.05) is 30.6 Å². The van der Waals surface area contributed by atoms with Gasteiger partial charge in [-0.05, 0) is 46.7 Å². The van der Waals surface area contributed by atoms with Gasteiger partial charge < -0.3 is 0 Å². The molecule has 0 amide bonds. The van der Waals surface area contributed by atoms with E-state index in [0.717, 1.165) is 53.0 Å². The molecule has 5 rings (SSSR count). The van der Waals surface area contributed by atoms with Crippen molar-refractivity contribution in [1.29, 1.82) is 0 Å². The Bertz CT molecular complexity index is 1310. The lowest BCUT2D eigenvalue weighted by molar-refractivity contribution is -0.137. The zero-order valence-electron chi connectivity index (χ0n) is 17.2. The van der Waals surface area contributed by atoms with Crippen LogP contribution in [0, 0.1) is 0 Å². The molecule has 0 bridgehead atoms. The van der Waals surface area contributed by atoms with Crippen molar-refractivity contribution in [2.75, 3.05) is 6.54 Å². The highest BCUT2D eigenvalue weighted by Crippen LogP contribution is 2.31. The molecule has 3 heterocycles. The van der Waals surface area contributed by atoms with Crippen molar-refractivity contribution >= 4 is 21.6 Å². The molecule has 0 unspecified atom stereocenters. The highest BCUT2D eigenvalue weighted by Gasteiger charge is 2.30. The van der Waals surface area contributed by atoms with Gasteiger partial charge in [0.15, 0.2) is 0 Å². The van der Waals surface area contributed by atoms with Crippen LogP contribution in [-0.2, 0) is 32.2 Å². The Morgan fingerprint density at radius 1 is 0.875 bits per heavy atom. The van der Waals surface area contributed by atoms with Crippen LogP contribution in [0.3, 0.4) is 0 Å². The third-order valence-corrected chi connectivity index (χ3v) is 6.95. The second-order valence-electron chi connectivity index (χ2n) is 8.13. The Labute approximate surface area is 187 Å². The number of hydrogen-bond acceptors (Lipinski definition) is 3. The summed E-state index contributed by atoms with van der Waals surface area (Å²) in [4.78, 5) is 16.7. The van der Waals surface area contributed by atoms with Gasteiger partial charge in [-0.15, -0.1) is 11.3 Å². The van der Waals surface area contributed by atoms with Crippen molar-refractivity contribution in [2.24, 2.45) is 0 Å². The smallest absolute Gasteiger partial charge is 0.295 e. The molecule has 0 spiro atoms. The first-order valence-electron chi connectivity index (χ1n) is 10.4. The second kappa shape index (κ2) is 8.22. The molecule has 0 radical (unpaired) electrons. The van der Waals surface area contributed by atoms with E-state index < -0.39 is 11.7 Å². The first-order valence-corrected chi connectivity index (χ1v) is 11.3. The minimum Gasteiger partial charge on any atom is -0.295 e. The van der Waals surface area contributed by atoms with E-state index in [1.165, 1.54) is 29.0 Å². The van der Waals surface area contributed by atoms with Gasteiger partial charge in [0.25, 0.3) is 5.56 Å². The summed E-state index contributed by atoms with van der Waals surface area (Å²) in [5.41, 5.74) is 3.05. The van der Waals surface area contributed by atoms with E-state index in [2.05, 4.69) is 17.0 Å². The number of halogens is 3. The maximum Gasteiger partial charge on any atom is 0.416 e. The summed E-state index contributed by atoms with van der Waals surface area (Å²) >= 11 is 1.50. The van der Waals surface area contributed by atoms with E-state index >= 15 is 0 Å². The lowest BCUT2D eigenvalue weighted by Crippen LogP contribution is -2.37. The average Bonchev–Trinajstić information content (AvgIpc) is 3.27. The number of alkyl halides is 3. The third kappa shape index (κ3) is 3.98. The van der Waals surface area contributed by atoms with Crippen molar-refractivity contribution in [3.8, 4) is 0 Å². The standard InChI is InChI=1S/C25H21F3N2OS/c26-25(27,28)19-8-6-18(7-9-19)15-30-23(31)22-16-29(14-17-4-2-1-3-5-17)12-10-20(22)21-11-13-32-24(21)30/h1-9,11,13H,10,12,14-16H2. The van der Waals surface area contributed by atoms with Gasteiger partial charge >= 0.3 is 6.18 Å². The van der Waals surface area contributed by atoms with E-state index in [1.54, 1.807) is 4.57 Å². The number of fused-ring (bicyclic) bond motifs is 3. The molecule has 2 aromatic carbocycles. The molecule has 0 saturated carbocycles. The molecule has 4 aromatic rings. The molecule has 1 aliphatic heterocycles. The topological polar surface area (TPSA) is 25.2 Å². The number of rotatable bonds is 4. The average molecular weight is 455 g/mol. The Morgan fingerprint density at radius 2 is 1.59 bits per heavy atom. The van der Waals surface area contributed by atoms with Crippen LogP contribution in [0.15, 0.2) is 70.8 Å². The summed E-state index contributed by atoms with van der Waals surface area (Å²) in [6, 6.07) is 17.3. The van der Waals surface area contributed by atoms with Crippen LogP contribution >= 0.6 is 11.3 Å². The van der Waals surface area contributed by atoms with Crippen molar-refractivity contribution in [3.63, 3.8) is 0 Å². The zero-order chi connectivity index (χ0) is 22.3. The van der Waals surface area contributed by atoms with Gasteiger partial charge in [0.1, 0.15) is 4.83 Å². The highest BCUT2D eigenvalue weighted by atomic mass is 32.1. The monoisotopic (exact) mass is 454 g/mol.